The number of benzene rings is 1. The third-order valence-electron chi connectivity index (χ3n) is 3.14. The highest BCUT2D eigenvalue weighted by Gasteiger charge is 2.17. The van der Waals surface area contributed by atoms with Crippen LogP contribution < -0.4 is 5.32 Å². The maximum Gasteiger partial charge on any atom is 0.251 e. The summed E-state index contributed by atoms with van der Waals surface area (Å²) in [5.74, 6) is -4.61. The number of hydrogen-bond donors (Lipinski definition) is 1. The molecular weight excluding hydrogens is 259 g/mol. The van der Waals surface area contributed by atoms with E-state index in [1.165, 1.54) is 0 Å². The Morgan fingerprint density at radius 2 is 1.79 bits per heavy atom. The first-order chi connectivity index (χ1) is 9.08. The number of nitrogens with one attached hydrogen (secondary N) is 1. The van der Waals surface area contributed by atoms with E-state index in [1.54, 1.807) is 0 Å². The lowest BCUT2D eigenvalue weighted by Crippen LogP contribution is -2.32. The van der Waals surface area contributed by atoms with Gasteiger partial charge >= 0.3 is 0 Å². The molecule has 2 rings (SSSR count). The smallest absolute Gasteiger partial charge is 0.251 e. The molecule has 104 valence electrons. The highest BCUT2D eigenvalue weighted by molar-refractivity contribution is 5.94. The summed E-state index contributed by atoms with van der Waals surface area (Å²) in [6.07, 6.45) is 1.68. The molecular formula is C13H14F3NO2. The summed E-state index contributed by atoms with van der Waals surface area (Å²) in [5.41, 5.74) is -0.219. The molecule has 6 heteroatoms. The van der Waals surface area contributed by atoms with Crippen LogP contribution in [0.3, 0.4) is 0 Å². The molecule has 1 aromatic carbocycles. The molecule has 0 aliphatic carbocycles. The summed E-state index contributed by atoms with van der Waals surface area (Å²) in [5, 5.41) is 2.59. The molecule has 1 N–H and O–H groups in total. The van der Waals surface area contributed by atoms with E-state index in [1.807, 2.05) is 0 Å². The van der Waals surface area contributed by atoms with Gasteiger partial charge in [0.25, 0.3) is 5.91 Å². The van der Waals surface area contributed by atoms with Gasteiger partial charge in [-0.1, -0.05) is 0 Å². The van der Waals surface area contributed by atoms with Gasteiger partial charge in [-0.3, -0.25) is 4.79 Å². The van der Waals surface area contributed by atoms with Crippen LogP contribution in [-0.2, 0) is 4.74 Å². The Balaban J connectivity index is 1.96. The van der Waals surface area contributed by atoms with E-state index in [-0.39, 0.29) is 5.56 Å². The molecule has 1 aromatic rings. The fraction of sp³-hybridized carbons (Fsp3) is 0.462. The molecule has 1 aliphatic rings. The minimum absolute atomic E-state index is 0.219. The van der Waals surface area contributed by atoms with E-state index in [0.29, 0.717) is 37.8 Å². The van der Waals surface area contributed by atoms with Crippen LogP contribution in [0.5, 0.6) is 0 Å². The summed E-state index contributed by atoms with van der Waals surface area (Å²) in [6, 6.07) is 1.38. The van der Waals surface area contributed by atoms with Crippen molar-refractivity contribution in [2.45, 2.75) is 12.8 Å². The summed E-state index contributed by atoms with van der Waals surface area (Å²) >= 11 is 0. The molecule has 1 saturated heterocycles. The lowest BCUT2D eigenvalue weighted by molar-refractivity contribution is 0.0642. The first kappa shape index (κ1) is 13.9. The molecule has 3 nitrogen and oxygen atoms in total. The van der Waals surface area contributed by atoms with Crippen molar-refractivity contribution in [3.05, 3.63) is 35.1 Å². The van der Waals surface area contributed by atoms with Gasteiger partial charge in [0, 0.05) is 25.3 Å². The summed E-state index contributed by atoms with van der Waals surface area (Å²) in [4.78, 5) is 11.7. The maximum absolute atomic E-state index is 13.0. The molecule has 19 heavy (non-hydrogen) atoms. The van der Waals surface area contributed by atoms with Crippen molar-refractivity contribution in [2.75, 3.05) is 19.8 Å². The monoisotopic (exact) mass is 273 g/mol. The Labute approximate surface area is 108 Å². The van der Waals surface area contributed by atoms with E-state index in [4.69, 9.17) is 4.74 Å². The molecule has 0 spiro atoms. The van der Waals surface area contributed by atoms with E-state index in [0.717, 1.165) is 12.8 Å². The predicted octanol–water partition coefficient (Wildman–Crippen LogP) is 2.26. The number of carbonyl (C=O) groups is 1. The molecule has 0 unspecified atom stereocenters. The van der Waals surface area contributed by atoms with E-state index in [2.05, 4.69) is 5.32 Å². The largest absolute Gasteiger partial charge is 0.381 e. The number of amides is 1. The average molecular weight is 273 g/mol. The quantitative estimate of drug-likeness (QED) is 0.858. The number of ether oxygens (including phenoxy) is 1. The predicted molar refractivity (Wildman–Crippen MR) is 62.2 cm³/mol. The zero-order valence-electron chi connectivity index (χ0n) is 10.2. The normalized spacial score (nSPS) is 16.4. The first-order valence-electron chi connectivity index (χ1n) is 6.08. The molecule has 1 fully saturated rings. The first-order valence-corrected chi connectivity index (χ1v) is 6.08. The topological polar surface area (TPSA) is 38.3 Å². The van der Waals surface area contributed by atoms with Crippen molar-refractivity contribution in [2.24, 2.45) is 5.92 Å². The molecule has 1 amide bonds. The molecule has 0 radical (unpaired) electrons. The van der Waals surface area contributed by atoms with Crippen LogP contribution >= 0.6 is 0 Å². The van der Waals surface area contributed by atoms with E-state index in [9.17, 15) is 18.0 Å². The fourth-order valence-corrected chi connectivity index (χ4v) is 1.98. The van der Waals surface area contributed by atoms with Crippen LogP contribution in [0, 0.1) is 23.4 Å². The Morgan fingerprint density at radius 1 is 1.21 bits per heavy atom. The van der Waals surface area contributed by atoms with Crippen molar-refractivity contribution in [1.82, 2.24) is 5.32 Å². The van der Waals surface area contributed by atoms with Gasteiger partial charge in [-0.05, 0) is 30.9 Å². The van der Waals surface area contributed by atoms with Crippen molar-refractivity contribution in [1.29, 1.82) is 0 Å². The van der Waals surface area contributed by atoms with Gasteiger partial charge in [0.1, 0.15) is 0 Å². The van der Waals surface area contributed by atoms with E-state index >= 15 is 0 Å². The average Bonchev–Trinajstić information content (AvgIpc) is 2.42. The Morgan fingerprint density at radius 3 is 2.37 bits per heavy atom. The van der Waals surface area contributed by atoms with Crippen LogP contribution in [0.1, 0.15) is 23.2 Å². The SMILES string of the molecule is O=C(NCC1CCOCC1)c1cc(F)c(F)c(F)c1. The second kappa shape index (κ2) is 6.06. The van der Waals surface area contributed by atoms with E-state index < -0.39 is 23.4 Å². The van der Waals surface area contributed by atoms with Gasteiger partial charge in [-0.15, -0.1) is 0 Å². The Bertz CT molecular complexity index is 450. The summed E-state index contributed by atoms with van der Waals surface area (Å²) in [6.45, 7) is 1.73. The number of carbonyl (C=O) groups excluding carboxylic acids is 1. The summed E-state index contributed by atoms with van der Waals surface area (Å²) in [7, 11) is 0. The Kier molecular flexibility index (Phi) is 4.42. The van der Waals surface area contributed by atoms with Crippen LogP contribution in [0.15, 0.2) is 12.1 Å². The van der Waals surface area contributed by atoms with Crippen molar-refractivity contribution in [3.63, 3.8) is 0 Å². The molecule has 0 saturated carbocycles. The van der Waals surface area contributed by atoms with Gasteiger partial charge in [0.2, 0.25) is 0 Å². The summed E-state index contributed by atoms with van der Waals surface area (Å²) < 4.78 is 43.9. The molecule has 0 atom stereocenters. The third-order valence-corrected chi connectivity index (χ3v) is 3.14. The zero-order valence-corrected chi connectivity index (χ0v) is 10.2. The van der Waals surface area contributed by atoms with Crippen LogP contribution in [0.4, 0.5) is 13.2 Å². The van der Waals surface area contributed by atoms with Gasteiger partial charge < -0.3 is 10.1 Å². The van der Waals surface area contributed by atoms with Gasteiger partial charge in [0.15, 0.2) is 17.5 Å². The second-order valence-corrected chi connectivity index (χ2v) is 4.52. The molecule has 0 bridgehead atoms. The standard InChI is InChI=1S/C13H14F3NO2/c14-10-5-9(6-11(15)12(10)16)13(18)17-7-8-1-3-19-4-2-8/h5-6,8H,1-4,7H2,(H,17,18). The van der Waals surface area contributed by atoms with Gasteiger partial charge in [0.05, 0.1) is 0 Å². The second-order valence-electron chi connectivity index (χ2n) is 4.52. The number of halogens is 3. The fourth-order valence-electron chi connectivity index (χ4n) is 1.98. The number of rotatable bonds is 3. The van der Waals surface area contributed by atoms with Gasteiger partial charge in [-0.2, -0.15) is 0 Å². The highest BCUT2D eigenvalue weighted by Crippen LogP contribution is 2.15. The highest BCUT2D eigenvalue weighted by atomic mass is 19.2. The third kappa shape index (κ3) is 3.47. The van der Waals surface area contributed by atoms with Gasteiger partial charge in [-0.25, -0.2) is 13.2 Å². The van der Waals surface area contributed by atoms with Crippen LogP contribution in [-0.4, -0.2) is 25.7 Å². The lowest BCUT2D eigenvalue weighted by atomic mass is 10.0. The van der Waals surface area contributed by atoms with Crippen LogP contribution in [0.2, 0.25) is 0 Å². The minimum Gasteiger partial charge on any atom is -0.381 e. The van der Waals surface area contributed by atoms with Crippen LogP contribution in [0.25, 0.3) is 0 Å². The van der Waals surface area contributed by atoms with Crippen molar-refractivity contribution < 1.29 is 22.7 Å². The Hall–Kier alpha value is -1.56. The maximum atomic E-state index is 13.0. The zero-order chi connectivity index (χ0) is 13.8. The lowest BCUT2D eigenvalue weighted by Gasteiger charge is -2.22. The van der Waals surface area contributed by atoms with Crippen molar-refractivity contribution >= 4 is 5.91 Å². The molecule has 0 aromatic heterocycles. The number of hydrogen-bond acceptors (Lipinski definition) is 2. The molecule has 1 aliphatic heterocycles. The minimum atomic E-state index is -1.57. The molecule has 1 heterocycles. The van der Waals surface area contributed by atoms with Crippen molar-refractivity contribution in [3.8, 4) is 0 Å².